The van der Waals surface area contributed by atoms with Crippen molar-refractivity contribution in [3.05, 3.63) is 24.3 Å². The van der Waals surface area contributed by atoms with Crippen molar-refractivity contribution in [2.24, 2.45) is 22.2 Å². The second-order valence-electron chi connectivity index (χ2n) is 6.58. The summed E-state index contributed by atoms with van der Waals surface area (Å²) in [6.07, 6.45) is 5.30. The van der Waals surface area contributed by atoms with Gasteiger partial charge >= 0.3 is 0 Å². The molecule has 0 radical (unpaired) electrons. The van der Waals surface area contributed by atoms with Crippen molar-refractivity contribution in [3.63, 3.8) is 0 Å². The highest BCUT2D eigenvalue weighted by Crippen LogP contribution is 2.74. The average Bonchev–Trinajstić information content (AvgIpc) is 2.63. The van der Waals surface area contributed by atoms with E-state index < -0.39 is 0 Å². The van der Waals surface area contributed by atoms with Gasteiger partial charge < -0.3 is 0 Å². The highest BCUT2D eigenvalue weighted by Gasteiger charge is 2.75. The van der Waals surface area contributed by atoms with Crippen molar-refractivity contribution >= 4 is 5.78 Å². The Morgan fingerprint density at radius 3 is 2.44 bits per heavy atom. The molecule has 2 rings (SSSR count). The molecule has 0 amide bonds. The van der Waals surface area contributed by atoms with Crippen LogP contribution in [0.1, 0.15) is 41.0 Å². The van der Waals surface area contributed by atoms with Crippen LogP contribution in [0.15, 0.2) is 24.3 Å². The van der Waals surface area contributed by atoms with E-state index in [9.17, 15) is 4.79 Å². The molecular weight excluding hydrogens is 196 g/mol. The SMILES string of the molecule is C=C(C)C1C2(C)C=CCC(C)(C)C(=O)C12C. The quantitative estimate of drug-likeness (QED) is 0.612. The van der Waals surface area contributed by atoms with E-state index in [1.54, 1.807) is 0 Å². The molecule has 0 saturated heterocycles. The third kappa shape index (κ3) is 1.09. The third-order valence-electron chi connectivity index (χ3n) is 4.88. The molecule has 0 aliphatic heterocycles. The fraction of sp³-hybridized carbons (Fsp3) is 0.667. The lowest BCUT2D eigenvalue weighted by Crippen LogP contribution is -2.32. The van der Waals surface area contributed by atoms with Gasteiger partial charge in [-0.15, -0.1) is 0 Å². The number of fused-ring (bicyclic) bond motifs is 1. The number of hydrogen-bond donors (Lipinski definition) is 0. The Kier molecular flexibility index (Phi) is 2.09. The number of rotatable bonds is 1. The summed E-state index contributed by atoms with van der Waals surface area (Å²) in [6, 6.07) is 0. The highest BCUT2D eigenvalue weighted by atomic mass is 16.1. The lowest BCUT2D eigenvalue weighted by atomic mass is 9.76. The molecule has 0 bridgehead atoms. The second-order valence-corrected chi connectivity index (χ2v) is 6.58. The monoisotopic (exact) mass is 218 g/mol. The van der Waals surface area contributed by atoms with Gasteiger partial charge in [0, 0.05) is 22.2 Å². The van der Waals surface area contributed by atoms with Crippen molar-refractivity contribution in [2.45, 2.75) is 41.0 Å². The largest absolute Gasteiger partial charge is 0.298 e. The van der Waals surface area contributed by atoms with Crippen molar-refractivity contribution in [3.8, 4) is 0 Å². The predicted octanol–water partition coefficient (Wildman–Crippen LogP) is 3.76. The van der Waals surface area contributed by atoms with Crippen LogP contribution in [-0.2, 0) is 4.79 Å². The number of Topliss-reactive ketones (excluding diaryl/α,β-unsaturated/α-hetero) is 1. The standard InChI is InChI=1S/C15H22O/c1-10(2)11-14(5)9-7-8-13(3,4)12(16)15(11,14)6/h7,9,11H,1,8H2,2-6H3. The first-order valence-electron chi connectivity index (χ1n) is 6.06. The summed E-state index contributed by atoms with van der Waals surface area (Å²) in [5, 5.41) is 0. The van der Waals surface area contributed by atoms with Gasteiger partial charge in [0.1, 0.15) is 5.78 Å². The Morgan fingerprint density at radius 1 is 1.38 bits per heavy atom. The smallest absolute Gasteiger partial charge is 0.146 e. The molecule has 88 valence electrons. The first-order chi connectivity index (χ1) is 7.18. The summed E-state index contributed by atoms with van der Waals surface area (Å²) < 4.78 is 0. The lowest BCUT2D eigenvalue weighted by molar-refractivity contribution is -0.132. The van der Waals surface area contributed by atoms with Crippen LogP contribution in [0.3, 0.4) is 0 Å². The molecule has 1 saturated carbocycles. The zero-order valence-electron chi connectivity index (χ0n) is 11.1. The number of hydrogen-bond acceptors (Lipinski definition) is 1. The summed E-state index contributed by atoms with van der Waals surface area (Å²) >= 11 is 0. The number of carbonyl (C=O) groups is 1. The first-order valence-corrected chi connectivity index (χ1v) is 6.06. The van der Waals surface area contributed by atoms with Gasteiger partial charge in [-0.3, -0.25) is 4.79 Å². The molecule has 0 heterocycles. The maximum atomic E-state index is 12.7. The van der Waals surface area contributed by atoms with Gasteiger partial charge in [0.15, 0.2) is 0 Å². The lowest BCUT2D eigenvalue weighted by Gasteiger charge is -2.25. The van der Waals surface area contributed by atoms with Crippen LogP contribution in [0.2, 0.25) is 0 Å². The Hall–Kier alpha value is -0.850. The minimum atomic E-state index is -0.229. The van der Waals surface area contributed by atoms with Crippen molar-refractivity contribution < 1.29 is 4.79 Å². The van der Waals surface area contributed by atoms with Gasteiger partial charge in [0.25, 0.3) is 0 Å². The number of carbonyl (C=O) groups excluding carboxylic acids is 1. The topological polar surface area (TPSA) is 17.1 Å². The number of ketones is 1. The maximum absolute atomic E-state index is 12.7. The molecule has 0 aromatic rings. The molecular formula is C15H22O. The van der Waals surface area contributed by atoms with Crippen LogP contribution in [0, 0.1) is 22.2 Å². The fourth-order valence-corrected chi connectivity index (χ4v) is 3.87. The summed E-state index contributed by atoms with van der Waals surface area (Å²) in [5.74, 6) is 0.726. The number of allylic oxidation sites excluding steroid dienone is 3. The van der Waals surface area contributed by atoms with Crippen LogP contribution in [-0.4, -0.2) is 5.78 Å². The van der Waals surface area contributed by atoms with Gasteiger partial charge in [-0.25, -0.2) is 0 Å². The first kappa shape index (κ1) is 11.6. The molecule has 1 nitrogen and oxygen atoms in total. The minimum absolute atomic E-state index is 0.00366. The molecule has 3 unspecified atom stereocenters. The molecule has 0 aromatic heterocycles. The van der Waals surface area contributed by atoms with Crippen molar-refractivity contribution in [1.29, 1.82) is 0 Å². The maximum Gasteiger partial charge on any atom is 0.146 e. The van der Waals surface area contributed by atoms with E-state index in [1.807, 2.05) is 6.92 Å². The van der Waals surface area contributed by atoms with Crippen LogP contribution in [0.5, 0.6) is 0 Å². The van der Waals surface area contributed by atoms with E-state index in [4.69, 9.17) is 0 Å². The Balaban J connectivity index is 2.51. The predicted molar refractivity (Wildman–Crippen MR) is 67.1 cm³/mol. The van der Waals surface area contributed by atoms with Crippen LogP contribution in [0.4, 0.5) is 0 Å². The van der Waals surface area contributed by atoms with E-state index in [1.165, 1.54) is 0 Å². The second kappa shape index (κ2) is 2.88. The van der Waals surface area contributed by atoms with Gasteiger partial charge in [-0.05, 0) is 13.3 Å². The molecule has 0 aromatic carbocycles. The van der Waals surface area contributed by atoms with Crippen molar-refractivity contribution in [2.75, 3.05) is 0 Å². The molecule has 0 spiro atoms. The van der Waals surface area contributed by atoms with Gasteiger partial charge in [-0.1, -0.05) is 52.0 Å². The molecule has 3 atom stereocenters. The Bertz CT molecular complexity index is 402. The zero-order chi connectivity index (χ0) is 12.4. The van der Waals surface area contributed by atoms with Crippen LogP contribution < -0.4 is 0 Å². The van der Waals surface area contributed by atoms with Gasteiger partial charge in [0.05, 0.1) is 0 Å². The van der Waals surface area contributed by atoms with E-state index in [0.29, 0.717) is 11.7 Å². The van der Waals surface area contributed by atoms with E-state index in [0.717, 1.165) is 12.0 Å². The van der Waals surface area contributed by atoms with Crippen LogP contribution >= 0.6 is 0 Å². The molecule has 2 aliphatic carbocycles. The zero-order valence-corrected chi connectivity index (χ0v) is 11.1. The average molecular weight is 218 g/mol. The van der Waals surface area contributed by atoms with E-state index in [2.05, 4.69) is 46.4 Å². The van der Waals surface area contributed by atoms with E-state index >= 15 is 0 Å². The molecule has 16 heavy (non-hydrogen) atoms. The summed E-state index contributed by atoms with van der Waals surface area (Å²) in [6.45, 7) is 14.5. The van der Waals surface area contributed by atoms with E-state index in [-0.39, 0.29) is 16.2 Å². The summed E-state index contributed by atoms with van der Waals surface area (Å²) in [7, 11) is 0. The Morgan fingerprint density at radius 2 is 1.94 bits per heavy atom. The normalized spacial score (nSPS) is 44.8. The molecule has 1 heteroatoms. The minimum Gasteiger partial charge on any atom is -0.298 e. The van der Waals surface area contributed by atoms with Crippen molar-refractivity contribution in [1.82, 2.24) is 0 Å². The highest BCUT2D eigenvalue weighted by molar-refractivity contribution is 5.95. The Labute approximate surface area is 98.6 Å². The van der Waals surface area contributed by atoms with Gasteiger partial charge in [-0.2, -0.15) is 0 Å². The fourth-order valence-electron chi connectivity index (χ4n) is 3.87. The molecule has 0 N–H and O–H groups in total. The third-order valence-corrected chi connectivity index (χ3v) is 4.88. The van der Waals surface area contributed by atoms with Gasteiger partial charge in [0.2, 0.25) is 0 Å². The molecule has 1 fully saturated rings. The van der Waals surface area contributed by atoms with Crippen LogP contribution in [0.25, 0.3) is 0 Å². The summed E-state index contributed by atoms with van der Waals surface area (Å²) in [4.78, 5) is 12.7. The summed E-state index contributed by atoms with van der Waals surface area (Å²) in [5.41, 5.74) is 0.687. The molecule has 2 aliphatic rings.